The summed E-state index contributed by atoms with van der Waals surface area (Å²) in [7, 11) is 1.66. The Bertz CT molecular complexity index is 384. The van der Waals surface area contributed by atoms with Crippen molar-refractivity contribution in [1.29, 1.82) is 0 Å². The molecule has 0 radical (unpaired) electrons. The number of benzene rings is 1. The molecule has 0 saturated carbocycles. The van der Waals surface area contributed by atoms with E-state index in [4.69, 9.17) is 10.5 Å². The van der Waals surface area contributed by atoms with Crippen LogP contribution in [-0.4, -0.2) is 37.1 Å². The van der Waals surface area contributed by atoms with Gasteiger partial charge in [-0.2, -0.15) is 0 Å². The zero-order valence-electron chi connectivity index (χ0n) is 9.68. The van der Waals surface area contributed by atoms with Crippen LogP contribution < -0.4 is 10.5 Å². The molecule has 0 aromatic heterocycles. The molecule has 0 saturated heterocycles. The molecule has 1 atom stereocenters. The van der Waals surface area contributed by atoms with Crippen molar-refractivity contribution < 1.29 is 4.74 Å². The van der Waals surface area contributed by atoms with Crippen LogP contribution in [0.1, 0.15) is 12.5 Å². The average Bonchev–Trinajstić information content (AvgIpc) is 2.78. The highest BCUT2D eigenvalue weighted by atomic mass is 16.5. The van der Waals surface area contributed by atoms with E-state index < -0.39 is 0 Å². The molecule has 16 heavy (non-hydrogen) atoms. The molecule has 2 N–H and O–H groups in total. The van der Waals surface area contributed by atoms with E-state index >= 15 is 0 Å². The standard InChI is InChI=1S/C12H17N3O/c1-9(13)15-8-7-14-12(15)10-3-5-11(16-2)6-4-10/h3-6,9H,7-8,13H2,1-2H3. The second kappa shape index (κ2) is 4.53. The molecule has 1 aliphatic heterocycles. The highest BCUT2D eigenvalue weighted by Gasteiger charge is 2.20. The summed E-state index contributed by atoms with van der Waals surface area (Å²) in [6.45, 7) is 3.70. The van der Waals surface area contributed by atoms with Gasteiger partial charge in [0.15, 0.2) is 0 Å². The van der Waals surface area contributed by atoms with Crippen molar-refractivity contribution in [2.75, 3.05) is 20.2 Å². The summed E-state index contributed by atoms with van der Waals surface area (Å²) in [5.41, 5.74) is 7.00. The average molecular weight is 219 g/mol. The zero-order chi connectivity index (χ0) is 11.5. The Balaban J connectivity index is 2.23. The molecule has 0 amide bonds. The Kier molecular flexibility index (Phi) is 3.10. The number of ether oxygens (including phenoxy) is 1. The van der Waals surface area contributed by atoms with E-state index in [9.17, 15) is 0 Å². The number of nitrogens with zero attached hydrogens (tertiary/aromatic N) is 2. The van der Waals surface area contributed by atoms with Gasteiger partial charge in [-0.05, 0) is 31.2 Å². The highest BCUT2D eigenvalue weighted by molar-refractivity contribution is 6.00. The van der Waals surface area contributed by atoms with Crippen molar-refractivity contribution in [2.24, 2.45) is 10.7 Å². The number of rotatable bonds is 3. The topological polar surface area (TPSA) is 50.8 Å². The van der Waals surface area contributed by atoms with E-state index in [1.165, 1.54) is 0 Å². The normalized spacial score (nSPS) is 17.2. The maximum atomic E-state index is 5.90. The number of amidine groups is 1. The predicted molar refractivity (Wildman–Crippen MR) is 64.8 cm³/mol. The minimum atomic E-state index is 0.00310. The maximum Gasteiger partial charge on any atom is 0.132 e. The Morgan fingerprint density at radius 2 is 2.06 bits per heavy atom. The van der Waals surface area contributed by atoms with Crippen molar-refractivity contribution >= 4 is 5.84 Å². The first kappa shape index (κ1) is 11.0. The van der Waals surface area contributed by atoms with Gasteiger partial charge >= 0.3 is 0 Å². The van der Waals surface area contributed by atoms with Crippen LogP contribution in [0.25, 0.3) is 0 Å². The van der Waals surface area contributed by atoms with Gasteiger partial charge in [0.2, 0.25) is 0 Å². The Morgan fingerprint density at radius 3 is 2.62 bits per heavy atom. The minimum Gasteiger partial charge on any atom is -0.497 e. The quantitative estimate of drug-likeness (QED) is 0.827. The van der Waals surface area contributed by atoms with Gasteiger partial charge in [0.25, 0.3) is 0 Å². The van der Waals surface area contributed by atoms with E-state index in [-0.39, 0.29) is 6.17 Å². The molecule has 4 nitrogen and oxygen atoms in total. The van der Waals surface area contributed by atoms with Gasteiger partial charge in [-0.1, -0.05) is 0 Å². The van der Waals surface area contributed by atoms with Crippen LogP contribution in [0, 0.1) is 0 Å². The lowest BCUT2D eigenvalue weighted by Gasteiger charge is -2.24. The van der Waals surface area contributed by atoms with Crippen LogP contribution in [-0.2, 0) is 0 Å². The van der Waals surface area contributed by atoms with Crippen molar-refractivity contribution in [3.63, 3.8) is 0 Å². The highest BCUT2D eigenvalue weighted by Crippen LogP contribution is 2.16. The van der Waals surface area contributed by atoms with Gasteiger partial charge in [0.1, 0.15) is 11.6 Å². The number of aliphatic imine (C=N–C) groups is 1. The van der Waals surface area contributed by atoms with Crippen LogP contribution in [0.5, 0.6) is 5.75 Å². The van der Waals surface area contributed by atoms with E-state index in [0.717, 1.165) is 30.2 Å². The largest absolute Gasteiger partial charge is 0.497 e. The van der Waals surface area contributed by atoms with Crippen LogP contribution >= 0.6 is 0 Å². The van der Waals surface area contributed by atoms with E-state index in [1.54, 1.807) is 7.11 Å². The predicted octanol–water partition coefficient (Wildman–Crippen LogP) is 1.06. The SMILES string of the molecule is COc1ccc(C2=NCCN2C(C)N)cc1. The summed E-state index contributed by atoms with van der Waals surface area (Å²) in [5, 5.41) is 0. The molecule has 0 fully saturated rings. The van der Waals surface area contributed by atoms with Crippen LogP contribution in [0.3, 0.4) is 0 Å². The Morgan fingerprint density at radius 1 is 1.38 bits per heavy atom. The lowest BCUT2D eigenvalue weighted by atomic mass is 10.2. The fourth-order valence-corrected chi connectivity index (χ4v) is 1.85. The molecule has 1 heterocycles. The fourth-order valence-electron chi connectivity index (χ4n) is 1.85. The van der Waals surface area contributed by atoms with E-state index in [0.29, 0.717) is 0 Å². The molecule has 86 valence electrons. The smallest absolute Gasteiger partial charge is 0.132 e. The van der Waals surface area contributed by atoms with Gasteiger partial charge < -0.3 is 15.4 Å². The first-order valence-corrected chi connectivity index (χ1v) is 5.43. The lowest BCUT2D eigenvalue weighted by molar-refractivity contribution is 0.366. The molecule has 2 rings (SSSR count). The monoisotopic (exact) mass is 219 g/mol. The summed E-state index contributed by atoms with van der Waals surface area (Å²) in [6, 6.07) is 7.90. The third-order valence-electron chi connectivity index (χ3n) is 2.71. The summed E-state index contributed by atoms with van der Waals surface area (Å²) >= 11 is 0. The minimum absolute atomic E-state index is 0.00310. The second-order valence-corrected chi connectivity index (χ2v) is 3.87. The number of hydrogen-bond acceptors (Lipinski definition) is 4. The Labute approximate surface area is 95.7 Å². The first-order chi connectivity index (χ1) is 7.72. The molecule has 1 aromatic carbocycles. The third-order valence-corrected chi connectivity index (χ3v) is 2.71. The summed E-state index contributed by atoms with van der Waals surface area (Å²) in [6.07, 6.45) is 0.00310. The molecule has 1 aromatic rings. The third kappa shape index (κ3) is 2.02. The molecular formula is C12H17N3O. The number of methoxy groups -OCH3 is 1. The molecule has 1 unspecified atom stereocenters. The van der Waals surface area contributed by atoms with Gasteiger partial charge in [-0.25, -0.2) is 0 Å². The van der Waals surface area contributed by atoms with Gasteiger partial charge in [0.05, 0.1) is 19.8 Å². The van der Waals surface area contributed by atoms with Crippen molar-refractivity contribution in [2.45, 2.75) is 13.1 Å². The van der Waals surface area contributed by atoms with Crippen molar-refractivity contribution in [3.8, 4) is 5.75 Å². The first-order valence-electron chi connectivity index (χ1n) is 5.43. The summed E-state index contributed by atoms with van der Waals surface area (Å²) in [5.74, 6) is 1.84. The molecule has 0 bridgehead atoms. The van der Waals surface area contributed by atoms with Crippen molar-refractivity contribution in [3.05, 3.63) is 29.8 Å². The number of nitrogens with two attached hydrogens (primary N) is 1. The molecule has 4 heteroatoms. The fraction of sp³-hybridized carbons (Fsp3) is 0.417. The maximum absolute atomic E-state index is 5.90. The van der Waals surface area contributed by atoms with E-state index in [2.05, 4.69) is 9.89 Å². The lowest BCUT2D eigenvalue weighted by Crippen LogP contribution is -2.42. The van der Waals surface area contributed by atoms with Gasteiger partial charge in [0, 0.05) is 12.1 Å². The molecule has 0 spiro atoms. The molecule has 1 aliphatic rings. The van der Waals surface area contributed by atoms with Crippen LogP contribution in [0.15, 0.2) is 29.3 Å². The Hall–Kier alpha value is -1.55. The van der Waals surface area contributed by atoms with Crippen LogP contribution in [0.4, 0.5) is 0 Å². The number of hydrogen-bond donors (Lipinski definition) is 1. The zero-order valence-corrected chi connectivity index (χ0v) is 9.68. The van der Waals surface area contributed by atoms with Crippen molar-refractivity contribution in [1.82, 2.24) is 4.90 Å². The van der Waals surface area contributed by atoms with Gasteiger partial charge in [-0.3, -0.25) is 4.99 Å². The molecule has 0 aliphatic carbocycles. The van der Waals surface area contributed by atoms with Gasteiger partial charge in [-0.15, -0.1) is 0 Å². The van der Waals surface area contributed by atoms with E-state index in [1.807, 2.05) is 31.2 Å². The van der Waals surface area contributed by atoms with Crippen LogP contribution in [0.2, 0.25) is 0 Å². The second-order valence-electron chi connectivity index (χ2n) is 3.87. The molecular weight excluding hydrogens is 202 g/mol. The summed E-state index contributed by atoms with van der Waals surface area (Å²) < 4.78 is 5.13. The summed E-state index contributed by atoms with van der Waals surface area (Å²) in [4.78, 5) is 6.60.